The second kappa shape index (κ2) is 5.09. The van der Waals surface area contributed by atoms with Gasteiger partial charge in [-0.25, -0.2) is 4.98 Å². The van der Waals surface area contributed by atoms with E-state index < -0.39 is 0 Å². The highest BCUT2D eigenvalue weighted by molar-refractivity contribution is 7.16. The van der Waals surface area contributed by atoms with E-state index in [2.05, 4.69) is 47.3 Å². The third-order valence-electron chi connectivity index (χ3n) is 3.35. The van der Waals surface area contributed by atoms with Gasteiger partial charge in [0.15, 0.2) is 0 Å². The number of hydrogen-bond donors (Lipinski definition) is 2. The van der Waals surface area contributed by atoms with Gasteiger partial charge in [0.05, 0.1) is 11.4 Å². The van der Waals surface area contributed by atoms with Crippen LogP contribution in [0.15, 0.2) is 35.7 Å². The predicted octanol–water partition coefficient (Wildman–Crippen LogP) is 3.76. The van der Waals surface area contributed by atoms with Gasteiger partial charge in [0.2, 0.25) is 5.95 Å². The Labute approximate surface area is 121 Å². The smallest absolute Gasteiger partial charge is 0.223 e. The van der Waals surface area contributed by atoms with Gasteiger partial charge in [-0.2, -0.15) is 4.98 Å². The average Bonchev–Trinajstić information content (AvgIpc) is 2.87. The molecule has 0 amide bonds. The molecular formula is C15H16N4S. The second-order valence-corrected chi connectivity index (χ2v) is 5.69. The minimum atomic E-state index is 0.161. The number of rotatable bonds is 3. The number of benzene rings is 1. The molecule has 4 nitrogen and oxygen atoms in total. The third-order valence-corrected chi connectivity index (χ3v) is 4.16. The number of nitrogens with one attached hydrogen (secondary N) is 1. The summed E-state index contributed by atoms with van der Waals surface area (Å²) < 4.78 is 0. The fourth-order valence-corrected chi connectivity index (χ4v) is 3.11. The zero-order valence-corrected chi connectivity index (χ0v) is 12.2. The van der Waals surface area contributed by atoms with E-state index >= 15 is 0 Å². The molecule has 1 unspecified atom stereocenters. The number of aromatic nitrogens is 2. The number of nitrogens with two attached hydrogens (primary N) is 1. The maximum absolute atomic E-state index is 5.77. The third kappa shape index (κ3) is 2.32. The molecule has 3 N–H and O–H groups in total. The first-order valence-corrected chi connectivity index (χ1v) is 7.36. The van der Waals surface area contributed by atoms with Crippen molar-refractivity contribution in [2.75, 3.05) is 11.1 Å². The molecule has 102 valence electrons. The molecule has 2 aromatic heterocycles. The van der Waals surface area contributed by atoms with Gasteiger partial charge < -0.3 is 11.1 Å². The number of aryl methyl sites for hydroxylation is 1. The van der Waals surface area contributed by atoms with Crippen LogP contribution in [-0.2, 0) is 0 Å². The lowest BCUT2D eigenvalue weighted by Crippen LogP contribution is -2.10. The Morgan fingerprint density at radius 3 is 2.80 bits per heavy atom. The van der Waals surface area contributed by atoms with E-state index in [9.17, 15) is 0 Å². The first-order chi connectivity index (χ1) is 9.65. The number of anilines is 2. The molecule has 0 spiro atoms. The van der Waals surface area contributed by atoms with Gasteiger partial charge >= 0.3 is 0 Å². The monoisotopic (exact) mass is 284 g/mol. The molecule has 0 saturated heterocycles. The van der Waals surface area contributed by atoms with Crippen LogP contribution in [0.2, 0.25) is 0 Å². The summed E-state index contributed by atoms with van der Waals surface area (Å²) in [5.74, 6) is 1.10. The van der Waals surface area contributed by atoms with Gasteiger partial charge in [-0.15, -0.1) is 11.3 Å². The molecule has 0 aliphatic heterocycles. The fourth-order valence-electron chi connectivity index (χ4n) is 2.34. The molecule has 0 radical (unpaired) electrons. The standard InChI is InChI=1S/C15H16N4S/c1-9-5-3-4-6-11(9)10(2)17-13-12-7-8-20-14(12)19-15(16)18-13/h3-8,10H,1-2H3,(H3,16,17,18,19). The number of nitrogen functional groups attached to an aromatic ring is 1. The van der Waals surface area contributed by atoms with Crippen LogP contribution in [0.1, 0.15) is 24.1 Å². The minimum absolute atomic E-state index is 0.161. The average molecular weight is 284 g/mol. The Hall–Kier alpha value is -2.14. The van der Waals surface area contributed by atoms with E-state index in [4.69, 9.17) is 5.73 Å². The van der Waals surface area contributed by atoms with Crippen molar-refractivity contribution in [1.29, 1.82) is 0 Å². The van der Waals surface area contributed by atoms with Gasteiger partial charge in [0.25, 0.3) is 0 Å². The minimum Gasteiger partial charge on any atom is -0.368 e. The van der Waals surface area contributed by atoms with Gasteiger partial charge in [-0.05, 0) is 36.4 Å². The van der Waals surface area contributed by atoms with Crippen LogP contribution in [0.5, 0.6) is 0 Å². The maximum Gasteiger partial charge on any atom is 0.223 e. The molecule has 2 heterocycles. The normalized spacial score (nSPS) is 12.5. The van der Waals surface area contributed by atoms with Gasteiger partial charge in [0, 0.05) is 0 Å². The number of hydrogen-bond acceptors (Lipinski definition) is 5. The van der Waals surface area contributed by atoms with E-state index in [-0.39, 0.29) is 6.04 Å². The Kier molecular flexibility index (Phi) is 3.28. The van der Waals surface area contributed by atoms with Crippen molar-refractivity contribution >= 4 is 33.3 Å². The molecule has 0 aliphatic carbocycles. The van der Waals surface area contributed by atoms with Crippen LogP contribution in [0.3, 0.4) is 0 Å². The lowest BCUT2D eigenvalue weighted by molar-refractivity contribution is 0.867. The van der Waals surface area contributed by atoms with Gasteiger partial charge in [-0.3, -0.25) is 0 Å². The van der Waals surface area contributed by atoms with Crippen molar-refractivity contribution in [3.63, 3.8) is 0 Å². The van der Waals surface area contributed by atoms with Crippen LogP contribution in [0.25, 0.3) is 10.2 Å². The Bertz CT molecular complexity index is 750. The molecule has 0 fully saturated rings. The quantitative estimate of drug-likeness (QED) is 0.768. The summed E-state index contributed by atoms with van der Waals surface area (Å²) in [6.07, 6.45) is 0. The zero-order chi connectivity index (χ0) is 14.1. The molecule has 3 aromatic rings. The molecular weight excluding hydrogens is 268 g/mol. The van der Waals surface area contributed by atoms with Crippen LogP contribution in [-0.4, -0.2) is 9.97 Å². The molecule has 1 aromatic carbocycles. The molecule has 0 bridgehead atoms. The topological polar surface area (TPSA) is 63.8 Å². The van der Waals surface area contributed by atoms with Gasteiger partial charge in [-0.1, -0.05) is 24.3 Å². The summed E-state index contributed by atoms with van der Waals surface area (Å²) in [5.41, 5.74) is 8.29. The lowest BCUT2D eigenvalue weighted by Gasteiger charge is -2.17. The summed E-state index contributed by atoms with van der Waals surface area (Å²) in [7, 11) is 0. The van der Waals surface area contributed by atoms with Crippen LogP contribution >= 0.6 is 11.3 Å². The number of fused-ring (bicyclic) bond motifs is 1. The lowest BCUT2D eigenvalue weighted by atomic mass is 10.0. The summed E-state index contributed by atoms with van der Waals surface area (Å²) >= 11 is 1.57. The van der Waals surface area contributed by atoms with E-state index in [1.807, 2.05) is 17.5 Å². The van der Waals surface area contributed by atoms with Crippen molar-refractivity contribution in [1.82, 2.24) is 9.97 Å². The maximum atomic E-state index is 5.77. The van der Waals surface area contributed by atoms with E-state index in [1.165, 1.54) is 11.1 Å². The molecule has 5 heteroatoms. The summed E-state index contributed by atoms with van der Waals surface area (Å²) in [6.45, 7) is 4.24. The highest BCUT2D eigenvalue weighted by atomic mass is 32.1. The van der Waals surface area contributed by atoms with Crippen LogP contribution in [0, 0.1) is 6.92 Å². The molecule has 1 atom stereocenters. The predicted molar refractivity (Wildman–Crippen MR) is 85.0 cm³/mol. The largest absolute Gasteiger partial charge is 0.368 e. The Morgan fingerprint density at radius 1 is 1.20 bits per heavy atom. The zero-order valence-electron chi connectivity index (χ0n) is 11.4. The van der Waals surface area contributed by atoms with Crippen molar-refractivity contribution in [2.24, 2.45) is 0 Å². The van der Waals surface area contributed by atoms with Crippen LogP contribution < -0.4 is 11.1 Å². The Balaban J connectivity index is 1.97. The fraction of sp³-hybridized carbons (Fsp3) is 0.200. The van der Waals surface area contributed by atoms with Crippen molar-refractivity contribution in [3.05, 3.63) is 46.8 Å². The molecule has 0 aliphatic rings. The van der Waals surface area contributed by atoms with Crippen molar-refractivity contribution in [2.45, 2.75) is 19.9 Å². The molecule has 20 heavy (non-hydrogen) atoms. The van der Waals surface area contributed by atoms with E-state index in [1.54, 1.807) is 11.3 Å². The van der Waals surface area contributed by atoms with Crippen molar-refractivity contribution < 1.29 is 0 Å². The first kappa shape index (κ1) is 12.9. The SMILES string of the molecule is Cc1ccccc1C(C)Nc1nc(N)nc2sccc12. The summed E-state index contributed by atoms with van der Waals surface area (Å²) in [4.78, 5) is 9.48. The second-order valence-electron chi connectivity index (χ2n) is 4.79. The summed E-state index contributed by atoms with van der Waals surface area (Å²) in [6, 6.07) is 10.5. The number of thiophene rings is 1. The first-order valence-electron chi connectivity index (χ1n) is 6.48. The van der Waals surface area contributed by atoms with E-state index in [0.717, 1.165) is 16.0 Å². The van der Waals surface area contributed by atoms with Crippen LogP contribution in [0.4, 0.5) is 11.8 Å². The molecule has 0 saturated carbocycles. The summed E-state index contributed by atoms with van der Waals surface area (Å²) in [5, 5.41) is 6.47. The highest BCUT2D eigenvalue weighted by Crippen LogP contribution is 2.29. The highest BCUT2D eigenvalue weighted by Gasteiger charge is 2.12. The van der Waals surface area contributed by atoms with Crippen molar-refractivity contribution in [3.8, 4) is 0 Å². The van der Waals surface area contributed by atoms with E-state index in [0.29, 0.717) is 5.95 Å². The Morgan fingerprint density at radius 2 is 2.00 bits per heavy atom. The number of nitrogens with zero attached hydrogens (tertiary/aromatic N) is 2. The van der Waals surface area contributed by atoms with Gasteiger partial charge in [0.1, 0.15) is 10.6 Å². The molecule has 3 rings (SSSR count).